The Morgan fingerprint density at radius 1 is 1.09 bits per heavy atom. The van der Waals surface area contributed by atoms with Crippen molar-refractivity contribution < 1.29 is 24.2 Å². The Morgan fingerprint density at radius 2 is 1.79 bits per heavy atom. The van der Waals surface area contributed by atoms with E-state index in [1.54, 1.807) is 47.1 Å². The number of hydrogen-bond acceptors (Lipinski definition) is 5. The summed E-state index contributed by atoms with van der Waals surface area (Å²) in [5.41, 5.74) is 0.196. The van der Waals surface area contributed by atoms with E-state index in [0.717, 1.165) is 19.3 Å². The van der Waals surface area contributed by atoms with Crippen LogP contribution in [0.15, 0.2) is 48.5 Å². The molecule has 8 nitrogen and oxygen atoms in total. The summed E-state index contributed by atoms with van der Waals surface area (Å²) in [7, 11) is 0. The van der Waals surface area contributed by atoms with Gasteiger partial charge in [0, 0.05) is 42.4 Å². The molecule has 2 N–H and O–H groups in total. The van der Waals surface area contributed by atoms with Crippen LogP contribution in [0.2, 0.25) is 0 Å². The predicted molar refractivity (Wildman–Crippen MR) is 125 cm³/mol. The molecule has 0 aliphatic carbocycles. The van der Waals surface area contributed by atoms with Gasteiger partial charge in [-0.3, -0.25) is 9.59 Å². The van der Waals surface area contributed by atoms with Crippen LogP contribution in [0.5, 0.6) is 5.75 Å². The van der Waals surface area contributed by atoms with Gasteiger partial charge in [-0.1, -0.05) is 36.4 Å². The molecule has 3 atom stereocenters. The first-order valence-corrected chi connectivity index (χ1v) is 11.9. The molecule has 0 saturated carbocycles. The van der Waals surface area contributed by atoms with Crippen molar-refractivity contribution in [3.05, 3.63) is 59.7 Å². The van der Waals surface area contributed by atoms with Crippen LogP contribution in [0.4, 0.5) is 10.5 Å². The minimum Gasteiger partial charge on any atom is -0.508 e. The van der Waals surface area contributed by atoms with Crippen LogP contribution in [0.3, 0.4) is 0 Å². The van der Waals surface area contributed by atoms with Gasteiger partial charge in [0.15, 0.2) is 5.54 Å². The third-order valence-electron chi connectivity index (χ3n) is 7.31. The number of ether oxygens (including phenoxy) is 1. The average Bonchev–Trinajstić information content (AvgIpc) is 3.36. The molecule has 3 aliphatic rings. The van der Waals surface area contributed by atoms with Crippen LogP contribution in [0.1, 0.15) is 43.2 Å². The van der Waals surface area contributed by atoms with E-state index in [-0.39, 0.29) is 30.8 Å². The lowest BCUT2D eigenvalue weighted by atomic mass is 9.71. The molecule has 3 heterocycles. The Kier molecular flexibility index (Phi) is 5.67. The summed E-state index contributed by atoms with van der Waals surface area (Å²) in [6.07, 6.45) is 2.86. The minimum atomic E-state index is -1.48. The molecular weight excluding hydrogens is 434 g/mol. The maximum absolute atomic E-state index is 14.0. The number of carbonyl (C=O) groups is 3. The summed E-state index contributed by atoms with van der Waals surface area (Å²) in [4.78, 5) is 44.5. The first kappa shape index (κ1) is 22.3. The van der Waals surface area contributed by atoms with Gasteiger partial charge in [-0.05, 0) is 38.3 Å². The molecule has 2 aromatic carbocycles. The second kappa shape index (κ2) is 8.66. The standard InChI is InChI=1S/C26H29N3O5/c1-2-34-23(31)18-16-29(25(33)28-14-8-3-9-15-28)26(22(18)17-10-4-7-13-21(17)30)19-11-5-6-12-20(19)27-24(26)32/h4-7,10-13,18,22,30H,2-3,8-9,14-16H2,1H3,(H,27,32). The lowest BCUT2D eigenvalue weighted by Crippen LogP contribution is -2.56. The summed E-state index contributed by atoms with van der Waals surface area (Å²) in [6.45, 7) is 3.15. The summed E-state index contributed by atoms with van der Waals surface area (Å²) in [5, 5.41) is 13.8. The van der Waals surface area contributed by atoms with Gasteiger partial charge in [0.2, 0.25) is 0 Å². The zero-order chi connectivity index (χ0) is 23.9. The molecule has 1 spiro atoms. The van der Waals surface area contributed by atoms with Crippen LogP contribution in [-0.2, 0) is 19.9 Å². The zero-order valence-electron chi connectivity index (χ0n) is 19.2. The van der Waals surface area contributed by atoms with Crippen molar-refractivity contribution in [1.82, 2.24) is 9.80 Å². The molecule has 8 heteroatoms. The quantitative estimate of drug-likeness (QED) is 0.680. The molecule has 2 saturated heterocycles. The molecule has 3 amide bonds. The Balaban J connectivity index is 1.74. The number of esters is 1. The molecule has 34 heavy (non-hydrogen) atoms. The molecule has 2 aromatic rings. The van der Waals surface area contributed by atoms with Crippen molar-refractivity contribution in [2.45, 2.75) is 37.6 Å². The highest BCUT2D eigenvalue weighted by Gasteiger charge is 2.67. The average molecular weight is 464 g/mol. The number of phenols is 1. The summed E-state index contributed by atoms with van der Waals surface area (Å²) in [6, 6.07) is 13.7. The summed E-state index contributed by atoms with van der Waals surface area (Å²) >= 11 is 0. The highest BCUT2D eigenvalue weighted by molar-refractivity contribution is 6.09. The molecule has 178 valence electrons. The lowest BCUT2D eigenvalue weighted by molar-refractivity contribution is -0.148. The van der Waals surface area contributed by atoms with Crippen molar-refractivity contribution in [1.29, 1.82) is 0 Å². The van der Waals surface area contributed by atoms with Crippen LogP contribution >= 0.6 is 0 Å². The van der Waals surface area contributed by atoms with Crippen molar-refractivity contribution in [3.8, 4) is 5.75 Å². The van der Waals surface area contributed by atoms with Crippen LogP contribution in [0.25, 0.3) is 0 Å². The number of carbonyl (C=O) groups excluding carboxylic acids is 3. The number of aromatic hydroxyl groups is 1. The number of anilines is 1. The number of urea groups is 1. The molecule has 0 aromatic heterocycles. The van der Waals surface area contributed by atoms with Gasteiger partial charge >= 0.3 is 12.0 Å². The predicted octanol–water partition coefficient (Wildman–Crippen LogP) is 3.42. The van der Waals surface area contributed by atoms with E-state index < -0.39 is 23.3 Å². The van der Waals surface area contributed by atoms with Gasteiger partial charge in [0.25, 0.3) is 5.91 Å². The van der Waals surface area contributed by atoms with Gasteiger partial charge < -0.3 is 25.0 Å². The van der Waals surface area contributed by atoms with Gasteiger partial charge in [-0.25, -0.2) is 4.79 Å². The molecule has 0 bridgehead atoms. The van der Waals surface area contributed by atoms with Gasteiger partial charge in [0.05, 0.1) is 12.5 Å². The van der Waals surface area contributed by atoms with Crippen molar-refractivity contribution >= 4 is 23.6 Å². The van der Waals surface area contributed by atoms with E-state index in [1.807, 2.05) is 18.2 Å². The molecule has 5 rings (SSSR count). The number of amides is 3. The van der Waals surface area contributed by atoms with Gasteiger partial charge in [-0.2, -0.15) is 0 Å². The number of rotatable bonds is 3. The van der Waals surface area contributed by atoms with Crippen LogP contribution < -0.4 is 5.32 Å². The maximum atomic E-state index is 14.0. The number of para-hydroxylation sites is 2. The maximum Gasteiger partial charge on any atom is 0.321 e. The number of nitrogens with one attached hydrogen (secondary N) is 1. The fourth-order valence-corrected chi connectivity index (χ4v) is 5.88. The topological polar surface area (TPSA) is 99.2 Å². The first-order chi connectivity index (χ1) is 16.5. The number of nitrogens with zero attached hydrogens (tertiary/aromatic N) is 2. The van der Waals surface area contributed by atoms with Gasteiger partial charge in [-0.15, -0.1) is 0 Å². The third-order valence-corrected chi connectivity index (χ3v) is 7.31. The fraction of sp³-hybridized carbons (Fsp3) is 0.423. The number of piperidine rings is 1. The minimum absolute atomic E-state index is 0.0226. The van der Waals surface area contributed by atoms with Gasteiger partial charge in [0.1, 0.15) is 5.75 Å². The van der Waals surface area contributed by atoms with E-state index in [1.165, 1.54) is 0 Å². The SMILES string of the molecule is CCOC(=O)C1CN(C(=O)N2CCCCC2)C2(C(=O)Nc3ccccc32)C1c1ccccc1O. The number of hydrogen-bond donors (Lipinski definition) is 2. The smallest absolute Gasteiger partial charge is 0.321 e. The van der Waals surface area contributed by atoms with Crippen molar-refractivity contribution in [2.75, 3.05) is 31.6 Å². The Morgan fingerprint density at radius 3 is 2.53 bits per heavy atom. The Bertz CT molecular complexity index is 1130. The van der Waals surface area contributed by atoms with Crippen molar-refractivity contribution in [2.24, 2.45) is 5.92 Å². The zero-order valence-corrected chi connectivity index (χ0v) is 19.2. The molecule has 2 fully saturated rings. The number of fused-ring (bicyclic) bond motifs is 2. The highest BCUT2D eigenvalue weighted by Crippen LogP contribution is 2.58. The van der Waals surface area contributed by atoms with E-state index in [9.17, 15) is 19.5 Å². The molecule has 3 unspecified atom stereocenters. The number of likely N-dealkylation sites (tertiary alicyclic amines) is 2. The Hall–Kier alpha value is -3.55. The summed E-state index contributed by atoms with van der Waals surface area (Å²) in [5.74, 6) is -2.52. The van der Waals surface area contributed by atoms with Crippen molar-refractivity contribution in [3.63, 3.8) is 0 Å². The first-order valence-electron chi connectivity index (χ1n) is 11.9. The second-order valence-corrected chi connectivity index (χ2v) is 9.10. The van der Waals surface area contributed by atoms with Crippen LogP contribution in [0, 0.1) is 5.92 Å². The van der Waals surface area contributed by atoms with E-state index in [4.69, 9.17) is 4.74 Å². The lowest BCUT2D eigenvalue weighted by Gasteiger charge is -2.41. The van der Waals surface area contributed by atoms with Crippen LogP contribution in [-0.4, -0.2) is 59.1 Å². The summed E-state index contributed by atoms with van der Waals surface area (Å²) < 4.78 is 5.41. The highest BCUT2D eigenvalue weighted by atomic mass is 16.5. The van der Waals surface area contributed by atoms with E-state index >= 15 is 0 Å². The van der Waals surface area contributed by atoms with E-state index in [2.05, 4.69) is 5.32 Å². The normalized spacial score (nSPS) is 25.9. The largest absolute Gasteiger partial charge is 0.508 e. The fourth-order valence-electron chi connectivity index (χ4n) is 5.88. The number of phenolic OH excluding ortho intramolecular Hbond substituents is 1. The third kappa shape index (κ3) is 3.23. The molecular formula is C26H29N3O5. The molecule has 3 aliphatic heterocycles. The monoisotopic (exact) mass is 463 g/mol. The van der Waals surface area contributed by atoms with E-state index in [0.29, 0.717) is 29.9 Å². The Labute approximate surface area is 198 Å². The molecule has 0 radical (unpaired) electrons. The number of benzene rings is 2. The second-order valence-electron chi connectivity index (χ2n) is 9.10.